The second-order valence-corrected chi connectivity index (χ2v) is 3.01. The van der Waals surface area contributed by atoms with Crippen LogP contribution in [0, 0.1) is 0 Å². The highest BCUT2D eigenvalue weighted by Crippen LogP contribution is 2.02. The van der Waals surface area contributed by atoms with Gasteiger partial charge in [-0.2, -0.15) is 5.10 Å². The molecule has 84 valence electrons. The summed E-state index contributed by atoms with van der Waals surface area (Å²) in [7, 11) is 0. The third-order valence-electron chi connectivity index (χ3n) is 2.01. The van der Waals surface area contributed by atoms with E-state index in [-0.39, 0.29) is 5.48 Å². The molecule has 0 spiro atoms. The lowest BCUT2D eigenvalue weighted by molar-refractivity contribution is 0.317. The van der Waals surface area contributed by atoms with Crippen LogP contribution in [0.2, 0.25) is 0 Å². The molecule has 0 bridgehead atoms. The molecule has 0 radical (unpaired) electrons. The second kappa shape index (κ2) is 5.62. The Morgan fingerprint density at radius 3 is 2.62 bits per heavy atom. The minimum Gasteiger partial charge on any atom is -0.412 e. The van der Waals surface area contributed by atoms with Crippen LogP contribution in [0.1, 0.15) is 5.56 Å². The largest absolute Gasteiger partial charge is 0.412 e. The van der Waals surface area contributed by atoms with Gasteiger partial charge in [0.15, 0.2) is 0 Å². The number of benzene rings is 1. The smallest absolute Gasteiger partial charge is 0.137 e. The van der Waals surface area contributed by atoms with Crippen molar-refractivity contribution in [3.05, 3.63) is 48.5 Å². The molecule has 3 N–H and O–H groups in total. The van der Waals surface area contributed by atoms with E-state index >= 15 is 0 Å². The first-order valence-corrected chi connectivity index (χ1v) is 4.49. The van der Waals surface area contributed by atoms with Crippen LogP contribution < -0.4 is 0 Å². The third-order valence-corrected chi connectivity index (χ3v) is 2.01. The quantitative estimate of drug-likeness (QED) is 0.458. The van der Waals surface area contributed by atoms with Crippen LogP contribution >= 0.6 is 0 Å². The van der Waals surface area contributed by atoms with Crippen LogP contribution in [-0.4, -0.2) is 31.2 Å². The van der Waals surface area contributed by atoms with Crippen molar-refractivity contribution in [2.75, 3.05) is 0 Å². The monoisotopic (exact) mass is 220 g/mol. The lowest BCUT2D eigenvalue weighted by Gasteiger charge is -2.03. The van der Waals surface area contributed by atoms with Gasteiger partial charge >= 0.3 is 0 Å². The van der Waals surface area contributed by atoms with E-state index in [1.165, 1.54) is 6.33 Å². The van der Waals surface area contributed by atoms with Crippen molar-refractivity contribution in [1.29, 1.82) is 0 Å². The van der Waals surface area contributed by atoms with Gasteiger partial charge in [-0.25, -0.2) is 9.67 Å². The standard InChI is InChI=1S/C10H10N4O.H2O/c15-13-10(6-14-8-11-7-12-14)9-4-2-1-3-5-9;/h1-5,7-8,15H,6H2;1H2. The van der Waals surface area contributed by atoms with Gasteiger partial charge in [-0.05, 0) is 0 Å². The van der Waals surface area contributed by atoms with Gasteiger partial charge < -0.3 is 10.7 Å². The Bertz CT molecular complexity index is 439. The van der Waals surface area contributed by atoms with Gasteiger partial charge in [0.2, 0.25) is 0 Å². The van der Waals surface area contributed by atoms with Crippen molar-refractivity contribution in [1.82, 2.24) is 14.8 Å². The van der Waals surface area contributed by atoms with Crippen molar-refractivity contribution in [3.63, 3.8) is 0 Å². The number of oxime groups is 1. The summed E-state index contributed by atoms with van der Waals surface area (Å²) < 4.78 is 1.60. The maximum atomic E-state index is 8.90. The van der Waals surface area contributed by atoms with Crippen LogP contribution in [0.5, 0.6) is 0 Å². The fourth-order valence-corrected chi connectivity index (χ4v) is 1.28. The van der Waals surface area contributed by atoms with E-state index in [0.29, 0.717) is 12.3 Å². The molecule has 2 aromatic rings. The Hall–Kier alpha value is -2.21. The van der Waals surface area contributed by atoms with Crippen molar-refractivity contribution in [2.45, 2.75) is 6.54 Å². The molecular formula is C10H12N4O2. The Balaban J connectivity index is 0.00000128. The molecule has 0 unspecified atom stereocenters. The molecule has 1 aromatic heterocycles. The van der Waals surface area contributed by atoms with Crippen LogP contribution in [0.4, 0.5) is 0 Å². The summed E-state index contributed by atoms with van der Waals surface area (Å²) in [5.41, 5.74) is 1.43. The Morgan fingerprint density at radius 1 is 1.31 bits per heavy atom. The fraction of sp³-hybridized carbons (Fsp3) is 0.100. The van der Waals surface area contributed by atoms with Gasteiger partial charge in [-0.15, -0.1) is 0 Å². The van der Waals surface area contributed by atoms with Crippen LogP contribution in [0.3, 0.4) is 0 Å². The summed E-state index contributed by atoms with van der Waals surface area (Å²) in [5.74, 6) is 0. The van der Waals surface area contributed by atoms with Crippen molar-refractivity contribution < 1.29 is 10.7 Å². The molecule has 0 aliphatic heterocycles. The molecule has 0 atom stereocenters. The van der Waals surface area contributed by atoms with Gasteiger partial charge in [0, 0.05) is 5.56 Å². The first-order valence-electron chi connectivity index (χ1n) is 4.49. The Labute approximate surface area is 92.2 Å². The summed E-state index contributed by atoms with van der Waals surface area (Å²) in [5, 5.41) is 16.1. The predicted octanol–water partition coefficient (Wildman–Crippen LogP) is 0.332. The highest BCUT2D eigenvalue weighted by Gasteiger charge is 2.04. The topological polar surface area (TPSA) is 94.8 Å². The summed E-state index contributed by atoms with van der Waals surface area (Å²) in [4.78, 5) is 3.82. The molecule has 1 heterocycles. The minimum absolute atomic E-state index is 0. The Kier molecular flexibility index (Phi) is 4.16. The van der Waals surface area contributed by atoms with Gasteiger partial charge in [0.25, 0.3) is 0 Å². The zero-order chi connectivity index (χ0) is 10.5. The molecule has 6 heteroatoms. The average molecular weight is 220 g/mol. The Morgan fingerprint density at radius 2 is 2.06 bits per heavy atom. The lowest BCUT2D eigenvalue weighted by Crippen LogP contribution is -2.12. The summed E-state index contributed by atoms with van der Waals surface area (Å²) >= 11 is 0. The normalized spacial score (nSPS) is 10.9. The molecule has 0 fully saturated rings. The molecule has 0 amide bonds. The number of aromatic nitrogens is 3. The molecule has 16 heavy (non-hydrogen) atoms. The molecule has 0 aliphatic carbocycles. The number of hydrogen-bond donors (Lipinski definition) is 1. The maximum Gasteiger partial charge on any atom is 0.137 e. The number of nitrogens with zero attached hydrogens (tertiary/aromatic N) is 4. The molecular weight excluding hydrogens is 208 g/mol. The number of rotatable bonds is 3. The van der Waals surface area contributed by atoms with Gasteiger partial charge in [-0.3, -0.25) is 0 Å². The van der Waals surface area contributed by atoms with Crippen molar-refractivity contribution >= 4 is 5.71 Å². The van der Waals surface area contributed by atoms with Crippen molar-refractivity contribution in [2.24, 2.45) is 5.16 Å². The van der Waals surface area contributed by atoms with E-state index in [1.807, 2.05) is 30.3 Å². The van der Waals surface area contributed by atoms with E-state index in [2.05, 4.69) is 15.2 Å². The van der Waals surface area contributed by atoms with E-state index < -0.39 is 0 Å². The van der Waals surface area contributed by atoms with Gasteiger partial charge in [-0.1, -0.05) is 35.5 Å². The zero-order valence-electron chi connectivity index (χ0n) is 8.48. The fourth-order valence-electron chi connectivity index (χ4n) is 1.28. The van der Waals surface area contributed by atoms with Gasteiger partial charge in [0.05, 0.1) is 6.54 Å². The minimum atomic E-state index is 0. The zero-order valence-corrected chi connectivity index (χ0v) is 8.48. The SMILES string of the molecule is O.ON=C(Cn1cncn1)c1ccccc1. The van der Waals surface area contributed by atoms with E-state index in [4.69, 9.17) is 5.21 Å². The van der Waals surface area contributed by atoms with E-state index in [0.717, 1.165) is 5.56 Å². The summed E-state index contributed by atoms with van der Waals surface area (Å²) in [6.07, 6.45) is 3.02. The molecule has 6 nitrogen and oxygen atoms in total. The van der Waals surface area contributed by atoms with Crippen LogP contribution in [-0.2, 0) is 6.54 Å². The first-order chi connectivity index (χ1) is 7.40. The molecule has 1 aromatic carbocycles. The maximum absolute atomic E-state index is 8.90. The second-order valence-electron chi connectivity index (χ2n) is 3.01. The van der Waals surface area contributed by atoms with Crippen LogP contribution in [0.15, 0.2) is 48.1 Å². The predicted molar refractivity (Wildman–Crippen MR) is 58.4 cm³/mol. The van der Waals surface area contributed by atoms with E-state index in [9.17, 15) is 0 Å². The number of hydrogen-bond acceptors (Lipinski definition) is 4. The average Bonchev–Trinajstić information content (AvgIpc) is 2.80. The first kappa shape index (κ1) is 11.9. The third kappa shape index (κ3) is 2.64. The molecule has 0 saturated heterocycles. The van der Waals surface area contributed by atoms with E-state index in [1.54, 1.807) is 11.0 Å². The van der Waals surface area contributed by atoms with Crippen LogP contribution in [0.25, 0.3) is 0 Å². The highest BCUT2D eigenvalue weighted by molar-refractivity contribution is 5.99. The van der Waals surface area contributed by atoms with Crippen molar-refractivity contribution in [3.8, 4) is 0 Å². The summed E-state index contributed by atoms with van der Waals surface area (Å²) in [6.45, 7) is 0.403. The molecule has 2 rings (SSSR count). The van der Waals surface area contributed by atoms with Gasteiger partial charge in [0.1, 0.15) is 18.4 Å². The lowest BCUT2D eigenvalue weighted by atomic mass is 10.1. The summed E-state index contributed by atoms with van der Waals surface area (Å²) in [6, 6.07) is 9.45. The highest BCUT2D eigenvalue weighted by atomic mass is 16.4. The molecule has 0 aliphatic rings. The molecule has 0 saturated carbocycles.